The van der Waals surface area contributed by atoms with E-state index in [-0.39, 0.29) is 5.91 Å². The highest BCUT2D eigenvalue weighted by atomic mass is 127. The van der Waals surface area contributed by atoms with Gasteiger partial charge in [0.15, 0.2) is 0 Å². The molecule has 2 nitrogen and oxygen atoms in total. The third kappa shape index (κ3) is 3.75. The van der Waals surface area contributed by atoms with Gasteiger partial charge in [-0.15, -0.1) is 0 Å². The molecule has 0 saturated heterocycles. The topological polar surface area (TPSA) is 29.1 Å². The highest BCUT2D eigenvalue weighted by Gasteiger charge is 2.12. The van der Waals surface area contributed by atoms with Crippen molar-refractivity contribution in [3.8, 4) is 0 Å². The third-order valence-corrected chi connectivity index (χ3v) is 3.89. The fraction of sp³-hybridized carbons (Fsp3) is 0. The Balaban J connectivity index is 2.26. The predicted molar refractivity (Wildman–Crippen MR) is 88.6 cm³/mol. The van der Waals surface area contributed by atoms with Crippen molar-refractivity contribution in [1.29, 1.82) is 0 Å². The number of nitrogens with one attached hydrogen (secondary N) is 1. The summed E-state index contributed by atoms with van der Waals surface area (Å²) in [5.41, 5.74) is 0.888. The summed E-state index contributed by atoms with van der Waals surface area (Å²) in [5, 5.41) is 3.70. The Labute approximate surface area is 139 Å². The van der Waals surface area contributed by atoms with Crippen molar-refractivity contribution in [3.05, 3.63) is 60.6 Å². The molecule has 2 aromatic carbocycles. The molecule has 1 amide bonds. The van der Waals surface area contributed by atoms with Gasteiger partial charge in [0.25, 0.3) is 5.91 Å². The number of carbonyl (C=O) groups excluding carboxylic acids is 1. The van der Waals surface area contributed by atoms with Crippen molar-refractivity contribution in [2.24, 2.45) is 0 Å². The van der Waals surface area contributed by atoms with E-state index in [0.717, 1.165) is 3.57 Å². The van der Waals surface area contributed by atoms with Crippen molar-refractivity contribution < 1.29 is 4.79 Å². The number of anilines is 1. The Bertz CT molecular complexity index is 605. The normalized spacial score (nSPS) is 10.3. The largest absolute Gasteiger partial charge is 0.319 e. The van der Waals surface area contributed by atoms with Crippen molar-refractivity contribution in [1.82, 2.24) is 0 Å². The second-order valence-corrected chi connectivity index (χ2v) is 6.20. The lowest BCUT2D eigenvalue weighted by Gasteiger charge is -2.10. The highest BCUT2D eigenvalue weighted by Crippen LogP contribution is 2.33. The first-order valence-electron chi connectivity index (χ1n) is 5.19. The second kappa shape index (κ2) is 6.31. The van der Waals surface area contributed by atoms with Crippen molar-refractivity contribution in [3.63, 3.8) is 0 Å². The van der Waals surface area contributed by atoms with E-state index < -0.39 is 0 Å². The summed E-state index contributed by atoms with van der Waals surface area (Å²) < 4.78 is 1.05. The summed E-state index contributed by atoms with van der Waals surface area (Å²) in [6.07, 6.45) is 0. The standard InChI is InChI=1S/C13H7Cl3INO/c14-8-5-10(15)12(11(16)6-8)18-13(19)7-1-3-9(17)4-2-7/h1-6H,(H,18,19). The summed E-state index contributed by atoms with van der Waals surface area (Å²) in [6, 6.07) is 10.2. The average molecular weight is 426 g/mol. The van der Waals surface area contributed by atoms with Crippen molar-refractivity contribution >= 4 is 69.0 Å². The molecule has 0 atom stereocenters. The molecule has 0 spiro atoms. The lowest BCUT2D eigenvalue weighted by molar-refractivity contribution is 0.102. The van der Waals surface area contributed by atoms with Crippen LogP contribution in [0, 0.1) is 3.57 Å². The van der Waals surface area contributed by atoms with Crippen molar-refractivity contribution in [2.45, 2.75) is 0 Å². The monoisotopic (exact) mass is 425 g/mol. The summed E-state index contributed by atoms with van der Waals surface area (Å²) >= 11 is 20.0. The van der Waals surface area contributed by atoms with E-state index in [1.807, 2.05) is 12.1 Å². The summed E-state index contributed by atoms with van der Waals surface area (Å²) in [7, 11) is 0. The number of hydrogen-bond donors (Lipinski definition) is 1. The van der Waals surface area contributed by atoms with Crippen LogP contribution in [0.15, 0.2) is 36.4 Å². The molecule has 0 aliphatic carbocycles. The SMILES string of the molecule is O=C(Nc1c(Cl)cc(Cl)cc1Cl)c1ccc(I)cc1. The van der Waals surface area contributed by atoms with Crippen molar-refractivity contribution in [2.75, 3.05) is 5.32 Å². The van der Waals surface area contributed by atoms with E-state index in [2.05, 4.69) is 27.9 Å². The van der Waals surface area contributed by atoms with Crippen LogP contribution in [0.1, 0.15) is 10.4 Å². The van der Waals surface area contributed by atoms with Crippen LogP contribution in [0.2, 0.25) is 15.1 Å². The van der Waals surface area contributed by atoms with E-state index in [1.165, 1.54) is 12.1 Å². The van der Waals surface area contributed by atoms with E-state index >= 15 is 0 Å². The first-order chi connectivity index (χ1) is 8.97. The Morgan fingerprint density at radius 1 is 1.00 bits per heavy atom. The molecule has 98 valence electrons. The second-order valence-electron chi connectivity index (χ2n) is 3.71. The maximum atomic E-state index is 12.1. The molecule has 0 radical (unpaired) electrons. The minimum absolute atomic E-state index is 0.275. The number of carbonyl (C=O) groups is 1. The molecule has 0 unspecified atom stereocenters. The van der Waals surface area contributed by atoms with Gasteiger partial charge in [-0.3, -0.25) is 4.79 Å². The maximum Gasteiger partial charge on any atom is 0.255 e. The molecule has 0 heterocycles. The van der Waals surface area contributed by atoms with E-state index in [1.54, 1.807) is 12.1 Å². The number of amides is 1. The molecule has 0 aromatic heterocycles. The number of hydrogen-bond acceptors (Lipinski definition) is 1. The first kappa shape index (κ1) is 14.9. The Hall–Kier alpha value is -0.490. The Kier molecular flexibility index (Phi) is 4.95. The van der Waals surface area contributed by atoms with Gasteiger partial charge in [0, 0.05) is 14.2 Å². The van der Waals surface area contributed by atoms with Crippen LogP contribution in [0.4, 0.5) is 5.69 Å². The molecule has 6 heteroatoms. The molecule has 0 aliphatic heterocycles. The van der Waals surface area contributed by atoms with Gasteiger partial charge in [-0.25, -0.2) is 0 Å². The van der Waals surface area contributed by atoms with E-state index in [4.69, 9.17) is 34.8 Å². The van der Waals surface area contributed by atoms with Gasteiger partial charge in [0.1, 0.15) is 0 Å². The fourth-order valence-electron chi connectivity index (χ4n) is 1.45. The van der Waals surface area contributed by atoms with Crippen LogP contribution in [0.3, 0.4) is 0 Å². The fourth-order valence-corrected chi connectivity index (χ4v) is 2.72. The van der Waals surface area contributed by atoms with Gasteiger partial charge in [0.2, 0.25) is 0 Å². The molecule has 0 aliphatic rings. The highest BCUT2D eigenvalue weighted by molar-refractivity contribution is 14.1. The molecule has 2 rings (SSSR count). The zero-order chi connectivity index (χ0) is 14.0. The molecular formula is C13H7Cl3INO. The van der Waals surface area contributed by atoms with E-state index in [9.17, 15) is 4.79 Å². The molecule has 0 fully saturated rings. The summed E-state index contributed by atoms with van der Waals surface area (Å²) in [5.74, 6) is -0.275. The zero-order valence-corrected chi connectivity index (χ0v) is 13.8. The Morgan fingerprint density at radius 2 is 1.53 bits per heavy atom. The smallest absolute Gasteiger partial charge is 0.255 e. The first-order valence-corrected chi connectivity index (χ1v) is 7.40. The summed E-state index contributed by atoms with van der Waals surface area (Å²) in [6.45, 7) is 0. The number of benzene rings is 2. The van der Waals surface area contributed by atoms with Gasteiger partial charge in [-0.05, 0) is 59.0 Å². The Morgan fingerprint density at radius 3 is 2.05 bits per heavy atom. The molecule has 19 heavy (non-hydrogen) atoms. The lowest BCUT2D eigenvalue weighted by Crippen LogP contribution is -2.12. The quantitative estimate of drug-likeness (QED) is 0.631. The van der Waals surface area contributed by atoms with Gasteiger partial charge >= 0.3 is 0 Å². The minimum atomic E-state index is -0.275. The average Bonchev–Trinajstić information content (AvgIpc) is 2.34. The van der Waals surface area contributed by atoms with Crippen LogP contribution >= 0.6 is 57.4 Å². The zero-order valence-electron chi connectivity index (χ0n) is 9.38. The maximum absolute atomic E-state index is 12.1. The molecule has 0 bridgehead atoms. The van der Waals surface area contributed by atoms with Crippen LogP contribution in [0.5, 0.6) is 0 Å². The van der Waals surface area contributed by atoms with Crippen LogP contribution in [-0.4, -0.2) is 5.91 Å². The number of rotatable bonds is 2. The van der Waals surface area contributed by atoms with Gasteiger partial charge in [0.05, 0.1) is 15.7 Å². The molecule has 0 saturated carbocycles. The molecular weight excluding hydrogens is 419 g/mol. The van der Waals surface area contributed by atoms with Crippen LogP contribution < -0.4 is 5.32 Å². The van der Waals surface area contributed by atoms with Gasteiger partial charge < -0.3 is 5.32 Å². The van der Waals surface area contributed by atoms with Crippen LogP contribution in [-0.2, 0) is 0 Å². The minimum Gasteiger partial charge on any atom is -0.319 e. The molecule has 1 N–H and O–H groups in total. The van der Waals surface area contributed by atoms with Gasteiger partial charge in [-0.1, -0.05) is 34.8 Å². The van der Waals surface area contributed by atoms with Crippen LogP contribution in [0.25, 0.3) is 0 Å². The van der Waals surface area contributed by atoms with E-state index in [0.29, 0.717) is 26.3 Å². The summed E-state index contributed by atoms with van der Waals surface area (Å²) in [4.78, 5) is 12.1. The molecule has 2 aromatic rings. The number of halogens is 4. The predicted octanol–water partition coefficient (Wildman–Crippen LogP) is 5.50. The third-order valence-electron chi connectivity index (χ3n) is 2.35. The van der Waals surface area contributed by atoms with Gasteiger partial charge in [-0.2, -0.15) is 0 Å². The lowest BCUT2D eigenvalue weighted by atomic mass is 10.2.